The van der Waals surface area contributed by atoms with E-state index in [1.165, 1.54) is 0 Å². The topological polar surface area (TPSA) is 47.3 Å². The second-order valence-corrected chi connectivity index (χ2v) is 3.61. The minimum Gasteiger partial charge on any atom is -0.370 e. The first-order valence-electron chi connectivity index (χ1n) is 5.00. The van der Waals surface area contributed by atoms with Gasteiger partial charge in [0.2, 0.25) is 0 Å². The largest absolute Gasteiger partial charge is 0.411 e. The molecule has 3 nitrogen and oxygen atoms in total. The second-order valence-electron chi connectivity index (χ2n) is 3.61. The molecule has 0 aliphatic carbocycles. The summed E-state index contributed by atoms with van der Waals surface area (Å²) in [6.45, 7) is -2.21. The molecular weight excluding hydrogens is 278 g/mol. The van der Waals surface area contributed by atoms with Crippen LogP contribution in [-0.4, -0.2) is 19.4 Å². The molecule has 0 aromatic heterocycles. The standard InChI is InChI=1S/C10H10F6N2O/c11-6-2-1-5(8(12)9(6)13)7(18-17)3-19-4-10(14,15)16/h1-2,7,18H,3-4,17H2. The summed E-state index contributed by atoms with van der Waals surface area (Å²) in [6.07, 6.45) is -4.55. The van der Waals surface area contributed by atoms with Crippen LogP contribution in [0, 0.1) is 17.5 Å². The highest BCUT2D eigenvalue weighted by atomic mass is 19.4. The van der Waals surface area contributed by atoms with E-state index in [0.29, 0.717) is 6.07 Å². The summed E-state index contributed by atoms with van der Waals surface area (Å²) in [5, 5.41) is 0. The van der Waals surface area contributed by atoms with E-state index in [-0.39, 0.29) is 0 Å². The number of hydrazine groups is 1. The van der Waals surface area contributed by atoms with Gasteiger partial charge in [-0.05, 0) is 6.07 Å². The van der Waals surface area contributed by atoms with E-state index in [9.17, 15) is 26.3 Å². The average Bonchev–Trinajstić information content (AvgIpc) is 2.32. The molecule has 108 valence electrons. The molecule has 0 fully saturated rings. The number of nitrogens with one attached hydrogen (secondary N) is 1. The van der Waals surface area contributed by atoms with Gasteiger partial charge >= 0.3 is 6.18 Å². The Morgan fingerprint density at radius 1 is 1.16 bits per heavy atom. The number of hydrogen-bond donors (Lipinski definition) is 2. The Morgan fingerprint density at radius 2 is 1.79 bits per heavy atom. The fourth-order valence-electron chi connectivity index (χ4n) is 1.33. The van der Waals surface area contributed by atoms with E-state index >= 15 is 0 Å². The smallest absolute Gasteiger partial charge is 0.370 e. The van der Waals surface area contributed by atoms with Crippen molar-refractivity contribution in [2.45, 2.75) is 12.2 Å². The maximum atomic E-state index is 13.4. The van der Waals surface area contributed by atoms with Gasteiger partial charge in [0.15, 0.2) is 17.5 Å². The number of ether oxygens (including phenoxy) is 1. The van der Waals surface area contributed by atoms with Crippen LogP contribution in [0.3, 0.4) is 0 Å². The number of benzene rings is 1. The third-order valence-electron chi connectivity index (χ3n) is 2.19. The molecule has 19 heavy (non-hydrogen) atoms. The fourth-order valence-corrected chi connectivity index (χ4v) is 1.33. The maximum Gasteiger partial charge on any atom is 0.411 e. The van der Waals surface area contributed by atoms with Crippen LogP contribution in [0.15, 0.2) is 12.1 Å². The molecule has 0 aliphatic heterocycles. The van der Waals surface area contributed by atoms with Crippen molar-refractivity contribution >= 4 is 0 Å². The van der Waals surface area contributed by atoms with Crippen molar-refractivity contribution in [3.63, 3.8) is 0 Å². The number of rotatable bonds is 5. The van der Waals surface area contributed by atoms with E-state index < -0.39 is 48.4 Å². The molecule has 1 aromatic carbocycles. The minimum atomic E-state index is -4.55. The zero-order valence-electron chi connectivity index (χ0n) is 9.40. The van der Waals surface area contributed by atoms with Crippen molar-refractivity contribution in [2.24, 2.45) is 5.84 Å². The van der Waals surface area contributed by atoms with Crippen molar-refractivity contribution in [1.29, 1.82) is 0 Å². The Kier molecular flexibility index (Phi) is 5.15. The van der Waals surface area contributed by atoms with Crippen molar-refractivity contribution in [2.75, 3.05) is 13.2 Å². The maximum absolute atomic E-state index is 13.4. The highest BCUT2D eigenvalue weighted by molar-refractivity contribution is 5.23. The molecule has 1 atom stereocenters. The molecule has 1 unspecified atom stereocenters. The highest BCUT2D eigenvalue weighted by Gasteiger charge is 2.28. The molecule has 0 saturated heterocycles. The lowest BCUT2D eigenvalue weighted by molar-refractivity contribution is -0.175. The summed E-state index contributed by atoms with van der Waals surface area (Å²) in [6, 6.07) is 0.273. The quantitative estimate of drug-likeness (QED) is 0.378. The SMILES string of the molecule is NNC(COCC(F)(F)F)c1ccc(F)c(F)c1F. The summed E-state index contributed by atoms with van der Waals surface area (Å²) >= 11 is 0. The van der Waals surface area contributed by atoms with Crippen LogP contribution in [0.4, 0.5) is 26.3 Å². The number of hydrogen-bond acceptors (Lipinski definition) is 3. The van der Waals surface area contributed by atoms with Gasteiger partial charge in [-0.2, -0.15) is 13.2 Å². The van der Waals surface area contributed by atoms with E-state index in [0.717, 1.165) is 6.07 Å². The highest BCUT2D eigenvalue weighted by Crippen LogP contribution is 2.22. The number of alkyl halides is 3. The zero-order chi connectivity index (χ0) is 14.6. The fraction of sp³-hybridized carbons (Fsp3) is 0.400. The van der Waals surface area contributed by atoms with Crippen LogP contribution >= 0.6 is 0 Å². The molecule has 9 heteroatoms. The van der Waals surface area contributed by atoms with Crippen molar-refractivity contribution in [3.05, 3.63) is 35.1 Å². The summed E-state index contributed by atoms with van der Waals surface area (Å²) in [5.74, 6) is 0.351. The summed E-state index contributed by atoms with van der Waals surface area (Å²) < 4.78 is 78.8. The molecule has 0 radical (unpaired) electrons. The Hall–Kier alpha value is -1.32. The van der Waals surface area contributed by atoms with Gasteiger partial charge in [-0.3, -0.25) is 11.3 Å². The van der Waals surface area contributed by atoms with Gasteiger partial charge in [0.1, 0.15) is 6.61 Å². The van der Waals surface area contributed by atoms with Gasteiger partial charge in [-0.25, -0.2) is 13.2 Å². The minimum absolute atomic E-state index is 0.427. The molecule has 0 bridgehead atoms. The molecule has 0 saturated carbocycles. The average molecular weight is 288 g/mol. The molecular formula is C10H10F6N2O. The molecule has 1 rings (SSSR count). The van der Waals surface area contributed by atoms with Crippen LogP contribution in [-0.2, 0) is 4.74 Å². The molecule has 0 aliphatic rings. The second kappa shape index (κ2) is 6.22. The van der Waals surface area contributed by atoms with Crippen LogP contribution in [0.1, 0.15) is 11.6 Å². The first-order valence-corrected chi connectivity index (χ1v) is 5.00. The van der Waals surface area contributed by atoms with E-state index in [2.05, 4.69) is 4.74 Å². The van der Waals surface area contributed by atoms with Gasteiger partial charge < -0.3 is 4.74 Å². The van der Waals surface area contributed by atoms with Crippen LogP contribution in [0.25, 0.3) is 0 Å². The van der Waals surface area contributed by atoms with Crippen LogP contribution in [0.2, 0.25) is 0 Å². The predicted molar refractivity (Wildman–Crippen MR) is 53.3 cm³/mol. The van der Waals surface area contributed by atoms with Gasteiger partial charge in [0.05, 0.1) is 12.6 Å². The Morgan fingerprint density at radius 3 is 2.32 bits per heavy atom. The third kappa shape index (κ3) is 4.37. The van der Waals surface area contributed by atoms with E-state index in [1.807, 2.05) is 5.43 Å². The summed E-state index contributed by atoms with van der Waals surface area (Å²) in [4.78, 5) is 0. The number of nitrogens with two attached hydrogens (primary N) is 1. The Balaban J connectivity index is 2.78. The Bertz CT molecular complexity index is 437. The number of halogens is 6. The monoisotopic (exact) mass is 288 g/mol. The predicted octanol–water partition coefficient (Wildman–Crippen LogP) is 2.19. The first kappa shape index (κ1) is 15.7. The zero-order valence-corrected chi connectivity index (χ0v) is 9.40. The van der Waals surface area contributed by atoms with Gasteiger partial charge in [0, 0.05) is 5.56 Å². The normalized spacial score (nSPS) is 13.6. The lowest BCUT2D eigenvalue weighted by atomic mass is 10.1. The molecule has 3 N–H and O–H groups in total. The lowest BCUT2D eigenvalue weighted by Crippen LogP contribution is -2.33. The molecule has 0 amide bonds. The van der Waals surface area contributed by atoms with Gasteiger partial charge in [-0.15, -0.1) is 0 Å². The lowest BCUT2D eigenvalue weighted by Gasteiger charge is -2.18. The van der Waals surface area contributed by atoms with Gasteiger partial charge in [-0.1, -0.05) is 6.07 Å². The van der Waals surface area contributed by atoms with Crippen molar-refractivity contribution in [3.8, 4) is 0 Å². The summed E-state index contributed by atoms with van der Waals surface area (Å²) in [7, 11) is 0. The van der Waals surface area contributed by atoms with E-state index in [1.54, 1.807) is 0 Å². The molecule has 0 spiro atoms. The van der Waals surface area contributed by atoms with E-state index in [4.69, 9.17) is 5.84 Å². The molecule has 1 aromatic rings. The van der Waals surface area contributed by atoms with Crippen molar-refractivity contribution < 1.29 is 31.1 Å². The Labute approximate surface area is 104 Å². The third-order valence-corrected chi connectivity index (χ3v) is 2.19. The van der Waals surface area contributed by atoms with Crippen molar-refractivity contribution in [1.82, 2.24) is 5.43 Å². The van der Waals surface area contributed by atoms with Gasteiger partial charge in [0.25, 0.3) is 0 Å². The van der Waals surface area contributed by atoms with Crippen LogP contribution < -0.4 is 11.3 Å². The summed E-state index contributed by atoms with van der Waals surface area (Å²) in [5.41, 5.74) is 1.54. The molecule has 0 heterocycles. The first-order chi connectivity index (χ1) is 8.76. The van der Waals surface area contributed by atoms with Crippen LogP contribution in [0.5, 0.6) is 0 Å².